The molecule has 0 radical (unpaired) electrons. The highest BCUT2D eigenvalue weighted by atomic mass is 16.6. The average molecular weight is 522 g/mol. The molecule has 208 valence electrons. The average Bonchev–Trinajstić information content (AvgIpc) is 2.81. The van der Waals surface area contributed by atoms with Crippen molar-refractivity contribution in [1.82, 2.24) is 15.5 Å². The lowest BCUT2D eigenvalue weighted by Gasteiger charge is -2.36. The Morgan fingerprint density at radius 3 is 2.19 bits per heavy atom. The summed E-state index contributed by atoms with van der Waals surface area (Å²) < 4.78 is 10.3. The molecule has 1 aromatic rings. The molecule has 1 aromatic carbocycles. The summed E-state index contributed by atoms with van der Waals surface area (Å²) in [6, 6.07) is 4.03. The van der Waals surface area contributed by atoms with E-state index in [0.717, 1.165) is 0 Å². The van der Waals surface area contributed by atoms with Crippen LogP contribution in [0.1, 0.15) is 79.3 Å². The number of phenols is 1. The van der Waals surface area contributed by atoms with Gasteiger partial charge in [0.1, 0.15) is 23.4 Å². The molecule has 0 saturated carbocycles. The third-order valence-corrected chi connectivity index (χ3v) is 5.60. The number of nitrogens with zero attached hydrogens (tertiary/aromatic N) is 1. The Morgan fingerprint density at radius 1 is 1.05 bits per heavy atom. The fraction of sp³-hybridized carbons (Fsp3) is 0.630. The zero-order valence-electron chi connectivity index (χ0n) is 23.1. The topological polar surface area (TPSA) is 134 Å². The molecule has 1 rings (SSSR count). The molecule has 10 nitrogen and oxygen atoms in total. The van der Waals surface area contributed by atoms with Gasteiger partial charge >= 0.3 is 12.1 Å². The van der Waals surface area contributed by atoms with E-state index in [1.807, 2.05) is 20.8 Å². The summed E-state index contributed by atoms with van der Waals surface area (Å²) in [5.41, 5.74) is -0.266. The molecular formula is C27H43N3O7. The predicted molar refractivity (Wildman–Crippen MR) is 140 cm³/mol. The van der Waals surface area contributed by atoms with Gasteiger partial charge in [0.15, 0.2) is 0 Å². The minimum atomic E-state index is -1.05. The van der Waals surface area contributed by atoms with Crippen LogP contribution in [0, 0.1) is 5.92 Å². The van der Waals surface area contributed by atoms with Crippen LogP contribution in [0.5, 0.6) is 5.75 Å². The summed E-state index contributed by atoms with van der Waals surface area (Å²) in [5.74, 6) is -1.59. The number of benzene rings is 1. The molecule has 3 N–H and O–H groups in total. The van der Waals surface area contributed by atoms with Crippen LogP contribution < -0.4 is 10.6 Å². The zero-order valence-corrected chi connectivity index (χ0v) is 23.1. The van der Waals surface area contributed by atoms with Crippen LogP contribution in [0.4, 0.5) is 4.79 Å². The molecule has 0 heterocycles. The number of phenolic OH excluding ortho intramolecular Hbond substituents is 1. The first kappa shape index (κ1) is 31.7. The van der Waals surface area contributed by atoms with Gasteiger partial charge in [0.25, 0.3) is 0 Å². The quantitative estimate of drug-likeness (QED) is 0.337. The predicted octanol–water partition coefficient (Wildman–Crippen LogP) is 3.68. The molecule has 0 spiro atoms. The number of carbonyl (C=O) groups is 4. The van der Waals surface area contributed by atoms with E-state index in [4.69, 9.17) is 9.47 Å². The normalized spacial score (nSPS) is 13.6. The van der Waals surface area contributed by atoms with Crippen molar-refractivity contribution in [2.75, 3.05) is 19.7 Å². The van der Waals surface area contributed by atoms with Crippen LogP contribution in [0.25, 0.3) is 0 Å². The second-order valence-electron chi connectivity index (χ2n) is 9.88. The van der Waals surface area contributed by atoms with Gasteiger partial charge in [-0.25, -0.2) is 4.79 Å². The van der Waals surface area contributed by atoms with E-state index in [2.05, 4.69) is 10.6 Å². The summed E-state index contributed by atoms with van der Waals surface area (Å²) in [5, 5.41) is 15.2. The van der Waals surface area contributed by atoms with Gasteiger partial charge < -0.3 is 30.1 Å². The van der Waals surface area contributed by atoms with E-state index < -0.39 is 41.6 Å². The van der Waals surface area contributed by atoms with Crippen LogP contribution in [0.15, 0.2) is 24.3 Å². The number of ether oxygens (including phenoxy) is 2. The summed E-state index contributed by atoms with van der Waals surface area (Å²) in [4.78, 5) is 53.1. The number of alkyl carbamates (subject to hydrolysis) is 1. The summed E-state index contributed by atoms with van der Waals surface area (Å²) in [7, 11) is 0. The lowest BCUT2D eigenvalue weighted by Crippen LogP contribution is -2.55. The lowest BCUT2D eigenvalue weighted by molar-refractivity contribution is -0.145. The SMILES string of the molecule is CCCN(C(=O)C(NC(=O)OC(C)(C)C)C(C)CC)C(C(=O)NCCC(=O)OCC)c1ccc(O)cc1. The molecule has 0 aliphatic carbocycles. The molecule has 37 heavy (non-hydrogen) atoms. The van der Waals surface area contributed by atoms with Crippen molar-refractivity contribution < 1.29 is 33.8 Å². The summed E-state index contributed by atoms with van der Waals surface area (Å²) >= 11 is 0. The van der Waals surface area contributed by atoms with Gasteiger partial charge in [-0.2, -0.15) is 0 Å². The van der Waals surface area contributed by atoms with Crippen molar-refractivity contribution in [2.45, 2.75) is 85.4 Å². The standard InChI is InChI=1S/C27H43N3O7/c1-8-17-30(25(34)22(18(4)9-2)29-26(35)37-27(5,6)7)23(19-11-13-20(31)14-12-19)24(33)28-16-15-21(32)36-10-3/h11-14,18,22-23,31H,8-10,15-17H2,1-7H3,(H,28,33)(H,29,35). The van der Waals surface area contributed by atoms with Gasteiger partial charge in [-0.15, -0.1) is 0 Å². The Balaban J connectivity index is 3.35. The monoisotopic (exact) mass is 521 g/mol. The van der Waals surface area contributed by atoms with Crippen molar-refractivity contribution in [3.05, 3.63) is 29.8 Å². The lowest BCUT2D eigenvalue weighted by atomic mass is 9.95. The Bertz CT molecular complexity index is 896. The first-order valence-corrected chi connectivity index (χ1v) is 12.9. The zero-order chi connectivity index (χ0) is 28.2. The fourth-order valence-electron chi connectivity index (χ4n) is 3.65. The van der Waals surface area contributed by atoms with E-state index in [1.165, 1.54) is 17.0 Å². The van der Waals surface area contributed by atoms with Crippen LogP contribution in [-0.2, 0) is 23.9 Å². The van der Waals surface area contributed by atoms with Crippen molar-refractivity contribution in [3.63, 3.8) is 0 Å². The third kappa shape index (κ3) is 10.7. The number of nitrogens with one attached hydrogen (secondary N) is 2. The molecule has 0 aliphatic heterocycles. The van der Waals surface area contributed by atoms with Crippen LogP contribution in [0.2, 0.25) is 0 Å². The second-order valence-corrected chi connectivity index (χ2v) is 9.88. The van der Waals surface area contributed by atoms with E-state index >= 15 is 0 Å². The highest BCUT2D eigenvalue weighted by Gasteiger charge is 2.37. The van der Waals surface area contributed by atoms with Crippen LogP contribution >= 0.6 is 0 Å². The maximum Gasteiger partial charge on any atom is 0.408 e. The minimum absolute atomic E-state index is 0.0146. The Kier molecular flexibility index (Phi) is 12.9. The minimum Gasteiger partial charge on any atom is -0.508 e. The number of carbonyl (C=O) groups excluding carboxylic acids is 4. The molecule has 3 atom stereocenters. The maximum atomic E-state index is 13.9. The Morgan fingerprint density at radius 2 is 1.68 bits per heavy atom. The highest BCUT2D eigenvalue weighted by Crippen LogP contribution is 2.26. The number of esters is 1. The van der Waals surface area contributed by atoms with Crippen molar-refractivity contribution in [2.24, 2.45) is 5.92 Å². The van der Waals surface area contributed by atoms with Gasteiger partial charge in [0.2, 0.25) is 11.8 Å². The number of amides is 3. The molecule has 3 amide bonds. The van der Waals surface area contributed by atoms with E-state index in [0.29, 0.717) is 18.4 Å². The number of rotatable bonds is 13. The van der Waals surface area contributed by atoms with Gasteiger partial charge in [0, 0.05) is 13.1 Å². The summed E-state index contributed by atoms with van der Waals surface area (Å²) in [6.07, 6.45) is 0.416. The molecule has 0 bridgehead atoms. The maximum absolute atomic E-state index is 13.9. The Hall–Kier alpha value is -3.30. The highest BCUT2D eigenvalue weighted by molar-refractivity contribution is 5.92. The molecule has 10 heteroatoms. The van der Waals surface area contributed by atoms with Crippen LogP contribution in [-0.4, -0.2) is 65.2 Å². The van der Waals surface area contributed by atoms with Crippen LogP contribution in [0.3, 0.4) is 0 Å². The molecule has 0 aliphatic rings. The number of hydrogen-bond donors (Lipinski definition) is 3. The van der Waals surface area contributed by atoms with Crippen molar-refractivity contribution in [3.8, 4) is 5.75 Å². The first-order chi connectivity index (χ1) is 17.3. The number of aromatic hydroxyl groups is 1. The molecule has 0 fully saturated rings. The molecule has 3 unspecified atom stereocenters. The van der Waals surface area contributed by atoms with Gasteiger partial charge in [-0.05, 0) is 57.7 Å². The number of hydrogen-bond acceptors (Lipinski definition) is 7. The molecular weight excluding hydrogens is 478 g/mol. The Labute approximate surface area is 220 Å². The first-order valence-electron chi connectivity index (χ1n) is 12.9. The molecule has 0 saturated heterocycles. The van der Waals surface area contributed by atoms with Crippen molar-refractivity contribution >= 4 is 23.9 Å². The smallest absolute Gasteiger partial charge is 0.408 e. The van der Waals surface area contributed by atoms with Gasteiger partial charge in [-0.3, -0.25) is 14.4 Å². The summed E-state index contributed by atoms with van der Waals surface area (Å²) in [6.45, 7) is 13.0. The second kappa shape index (κ2) is 15.1. The fourth-order valence-corrected chi connectivity index (χ4v) is 3.65. The van der Waals surface area contributed by atoms with Crippen molar-refractivity contribution in [1.29, 1.82) is 0 Å². The molecule has 0 aromatic heterocycles. The van der Waals surface area contributed by atoms with E-state index in [9.17, 15) is 24.3 Å². The van der Waals surface area contributed by atoms with Gasteiger partial charge in [-0.1, -0.05) is 39.3 Å². The van der Waals surface area contributed by atoms with E-state index in [1.54, 1.807) is 39.8 Å². The largest absolute Gasteiger partial charge is 0.508 e. The van der Waals surface area contributed by atoms with Gasteiger partial charge in [0.05, 0.1) is 13.0 Å². The van der Waals surface area contributed by atoms with E-state index in [-0.39, 0.29) is 37.8 Å². The third-order valence-electron chi connectivity index (χ3n) is 5.60.